The van der Waals surface area contributed by atoms with Crippen molar-refractivity contribution in [2.75, 3.05) is 6.61 Å². The Morgan fingerprint density at radius 2 is 1.38 bits per heavy atom. The largest absolute Gasteiger partial charge is 0.494 e. The van der Waals surface area contributed by atoms with E-state index < -0.39 is 0 Å². The smallest absolute Gasteiger partial charge is 0.147 e. The van der Waals surface area contributed by atoms with Crippen LogP contribution in [-0.2, 0) is 0 Å². The van der Waals surface area contributed by atoms with Crippen molar-refractivity contribution in [1.29, 1.82) is 0 Å². The summed E-state index contributed by atoms with van der Waals surface area (Å²) in [4.78, 5) is 8.33. The minimum absolute atomic E-state index is 0.408. The number of hydrogen-bond donors (Lipinski definition) is 0. The molecule has 0 bridgehead atoms. The second kappa shape index (κ2) is 12.7. The van der Waals surface area contributed by atoms with Gasteiger partial charge in [0.15, 0.2) is 0 Å². The van der Waals surface area contributed by atoms with Crippen molar-refractivity contribution < 1.29 is 4.74 Å². The van der Waals surface area contributed by atoms with Crippen LogP contribution in [0.15, 0.2) is 36.7 Å². The molecule has 0 N–H and O–H groups in total. The first kappa shape index (κ1) is 20.7. The molecule has 2 rings (SSSR count). The first-order valence-electron chi connectivity index (χ1n) is 10.0. The summed E-state index contributed by atoms with van der Waals surface area (Å²) in [6, 6.07) is 7.99. The van der Waals surface area contributed by atoms with Crippen LogP contribution in [-0.4, -0.2) is 16.6 Å². The Morgan fingerprint density at radius 3 is 1.96 bits per heavy atom. The SMILES string of the molecule is CCCCCCCCCCCCOc1ccc(-c2cnc(Cl)cn2)cc1. The molecule has 3 nitrogen and oxygen atoms in total. The zero-order valence-corrected chi connectivity index (χ0v) is 16.7. The van der Waals surface area contributed by atoms with E-state index in [0.717, 1.165) is 30.0 Å². The quantitative estimate of drug-likeness (QED) is 0.351. The van der Waals surface area contributed by atoms with Gasteiger partial charge in [-0.25, -0.2) is 4.98 Å². The molecule has 1 aromatic carbocycles. The lowest BCUT2D eigenvalue weighted by Gasteiger charge is -2.07. The van der Waals surface area contributed by atoms with Gasteiger partial charge >= 0.3 is 0 Å². The molecule has 0 aliphatic rings. The van der Waals surface area contributed by atoms with Gasteiger partial charge in [-0.2, -0.15) is 0 Å². The molecule has 0 aliphatic heterocycles. The van der Waals surface area contributed by atoms with Crippen molar-refractivity contribution in [2.24, 2.45) is 0 Å². The van der Waals surface area contributed by atoms with Crippen LogP contribution in [0.2, 0.25) is 5.15 Å². The Kier molecular flexibility index (Phi) is 10.1. The van der Waals surface area contributed by atoms with Crippen molar-refractivity contribution in [3.8, 4) is 17.0 Å². The summed E-state index contributed by atoms with van der Waals surface area (Å²) in [7, 11) is 0. The Balaban J connectivity index is 1.54. The maximum Gasteiger partial charge on any atom is 0.147 e. The third-order valence-corrected chi connectivity index (χ3v) is 4.73. The molecule has 26 heavy (non-hydrogen) atoms. The molecular formula is C22H31ClN2O. The topological polar surface area (TPSA) is 35.0 Å². The van der Waals surface area contributed by atoms with Crippen molar-refractivity contribution in [3.63, 3.8) is 0 Å². The summed E-state index contributed by atoms with van der Waals surface area (Å²) >= 11 is 5.77. The maximum absolute atomic E-state index is 5.83. The average molecular weight is 375 g/mol. The van der Waals surface area contributed by atoms with Gasteiger partial charge in [0.25, 0.3) is 0 Å². The normalized spacial score (nSPS) is 10.8. The molecule has 0 spiro atoms. The van der Waals surface area contributed by atoms with Crippen LogP contribution in [0.4, 0.5) is 0 Å². The number of hydrogen-bond acceptors (Lipinski definition) is 3. The Labute approximate surface area is 163 Å². The summed E-state index contributed by atoms with van der Waals surface area (Å²) in [6.07, 6.45) is 16.7. The van der Waals surface area contributed by atoms with Gasteiger partial charge in [-0.3, -0.25) is 4.98 Å². The van der Waals surface area contributed by atoms with E-state index in [1.165, 1.54) is 57.8 Å². The van der Waals surface area contributed by atoms with Gasteiger partial charge in [0.05, 0.1) is 24.7 Å². The van der Waals surface area contributed by atoms with Crippen molar-refractivity contribution in [1.82, 2.24) is 9.97 Å². The van der Waals surface area contributed by atoms with Gasteiger partial charge in [0.1, 0.15) is 10.9 Å². The second-order valence-electron chi connectivity index (χ2n) is 6.78. The van der Waals surface area contributed by atoms with E-state index in [0.29, 0.717) is 5.15 Å². The summed E-state index contributed by atoms with van der Waals surface area (Å²) in [5, 5.41) is 0.408. The first-order valence-corrected chi connectivity index (χ1v) is 10.4. The molecule has 0 unspecified atom stereocenters. The summed E-state index contributed by atoms with van der Waals surface area (Å²) < 4.78 is 5.83. The highest BCUT2D eigenvalue weighted by Crippen LogP contribution is 2.21. The molecule has 0 amide bonds. The van der Waals surface area contributed by atoms with E-state index in [-0.39, 0.29) is 0 Å². The van der Waals surface area contributed by atoms with Crippen LogP contribution in [0.3, 0.4) is 0 Å². The predicted octanol–water partition coefficient (Wildman–Crippen LogP) is 7.10. The highest BCUT2D eigenvalue weighted by atomic mass is 35.5. The molecular weight excluding hydrogens is 344 g/mol. The Morgan fingerprint density at radius 1 is 0.769 bits per heavy atom. The fourth-order valence-corrected chi connectivity index (χ4v) is 3.06. The number of rotatable bonds is 13. The first-order chi connectivity index (χ1) is 12.8. The van der Waals surface area contributed by atoms with E-state index in [4.69, 9.17) is 16.3 Å². The van der Waals surface area contributed by atoms with E-state index in [2.05, 4.69) is 16.9 Å². The van der Waals surface area contributed by atoms with Crippen molar-refractivity contribution in [2.45, 2.75) is 71.1 Å². The highest BCUT2D eigenvalue weighted by molar-refractivity contribution is 6.29. The van der Waals surface area contributed by atoms with Crippen LogP contribution in [0.25, 0.3) is 11.3 Å². The van der Waals surface area contributed by atoms with Crippen LogP contribution in [0.1, 0.15) is 71.1 Å². The Hall–Kier alpha value is -1.61. The number of benzene rings is 1. The molecule has 0 saturated carbocycles. The van der Waals surface area contributed by atoms with Gasteiger partial charge in [-0.1, -0.05) is 76.3 Å². The summed E-state index contributed by atoms with van der Waals surface area (Å²) in [6.45, 7) is 3.06. The lowest BCUT2D eigenvalue weighted by Crippen LogP contribution is -1.97. The molecule has 4 heteroatoms. The van der Waals surface area contributed by atoms with E-state index in [9.17, 15) is 0 Å². The van der Waals surface area contributed by atoms with E-state index in [1.807, 2.05) is 24.3 Å². The lowest BCUT2D eigenvalue weighted by atomic mass is 10.1. The van der Waals surface area contributed by atoms with Gasteiger partial charge in [-0.05, 0) is 30.7 Å². The molecule has 0 saturated heterocycles. The number of nitrogens with zero attached hydrogens (tertiary/aromatic N) is 2. The molecule has 2 aromatic rings. The van der Waals surface area contributed by atoms with Crippen LogP contribution < -0.4 is 4.74 Å². The fourth-order valence-electron chi connectivity index (χ4n) is 2.96. The monoisotopic (exact) mass is 374 g/mol. The summed E-state index contributed by atoms with van der Waals surface area (Å²) in [5.41, 5.74) is 1.83. The fraction of sp³-hybridized carbons (Fsp3) is 0.545. The number of ether oxygens (including phenoxy) is 1. The summed E-state index contributed by atoms with van der Waals surface area (Å²) in [5.74, 6) is 0.909. The minimum atomic E-state index is 0.408. The zero-order valence-electron chi connectivity index (χ0n) is 15.9. The van der Waals surface area contributed by atoms with E-state index >= 15 is 0 Å². The maximum atomic E-state index is 5.83. The molecule has 142 valence electrons. The highest BCUT2D eigenvalue weighted by Gasteiger charge is 2.01. The predicted molar refractivity (Wildman–Crippen MR) is 110 cm³/mol. The zero-order chi connectivity index (χ0) is 18.5. The minimum Gasteiger partial charge on any atom is -0.494 e. The van der Waals surface area contributed by atoms with Gasteiger partial charge in [-0.15, -0.1) is 0 Å². The van der Waals surface area contributed by atoms with Crippen molar-refractivity contribution in [3.05, 3.63) is 41.8 Å². The van der Waals surface area contributed by atoms with Crippen LogP contribution in [0.5, 0.6) is 5.75 Å². The van der Waals surface area contributed by atoms with Gasteiger partial charge in [0.2, 0.25) is 0 Å². The van der Waals surface area contributed by atoms with Crippen LogP contribution >= 0.6 is 11.6 Å². The molecule has 0 fully saturated rings. The van der Waals surface area contributed by atoms with Gasteiger partial charge < -0.3 is 4.74 Å². The van der Waals surface area contributed by atoms with Crippen molar-refractivity contribution >= 4 is 11.6 Å². The lowest BCUT2D eigenvalue weighted by molar-refractivity contribution is 0.304. The molecule has 0 radical (unpaired) electrons. The third-order valence-electron chi connectivity index (χ3n) is 4.54. The number of halogens is 1. The number of unbranched alkanes of at least 4 members (excludes halogenated alkanes) is 9. The average Bonchev–Trinajstić information content (AvgIpc) is 2.67. The van der Waals surface area contributed by atoms with Gasteiger partial charge in [0, 0.05) is 5.56 Å². The standard InChI is InChI=1S/C22H31ClN2O/c1-2-3-4-5-6-7-8-9-10-11-16-26-20-14-12-19(13-15-20)21-17-25-22(23)18-24-21/h12-15,17-18H,2-11,16H2,1H3. The molecule has 0 atom stereocenters. The second-order valence-corrected chi connectivity index (χ2v) is 7.17. The molecule has 1 heterocycles. The Bertz CT molecular complexity index is 599. The number of aromatic nitrogens is 2. The molecule has 0 aliphatic carbocycles. The van der Waals surface area contributed by atoms with E-state index in [1.54, 1.807) is 12.4 Å². The van der Waals surface area contributed by atoms with Crippen LogP contribution in [0, 0.1) is 0 Å². The molecule has 1 aromatic heterocycles. The third kappa shape index (κ3) is 8.18.